The molecule has 0 radical (unpaired) electrons. The highest BCUT2D eigenvalue weighted by Crippen LogP contribution is 2.36. The van der Waals surface area contributed by atoms with Gasteiger partial charge in [-0.05, 0) is 38.3 Å². The molecule has 108 valence electrons. The van der Waals surface area contributed by atoms with Gasteiger partial charge >= 0.3 is 0 Å². The lowest BCUT2D eigenvalue weighted by molar-refractivity contribution is -0.384. The highest BCUT2D eigenvalue weighted by molar-refractivity contribution is 5.95. The van der Waals surface area contributed by atoms with Gasteiger partial charge in [0.1, 0.15) is 5.69 Å². The van der Waals surface area contributed by atoms with Crippen molar-refractivity contribution in [2.24, 2.45) is 0 Å². The van der Waals surface area contributed by atoms with Gasteiger partial charge in [0.05, 0.1) is 10.5 Å². The molecule has 0 aliphatic heterocycles. The molecule has 0 atom stereocenters. The number of carbonyl (C=O) groups is 1. The number of nitrogens with zero attached hydrogens (tertiary/aromatic N) is 1. The number of nitrogens with one attached hydrogen (secondary N) is 1. The van der Waals surface area contributed by atoms with Crippen LogP contribution in [0.3, 0.4) is 0 Å². The van der Waals surface area contributed by atoms with Crippen molar-refractivity contribution in [2.75, 3.05) is 19.0 Å². The van der Waals surface area contributed by atoms with E-state index in [4.69, 9.17) is 4.74 Å². The van der Waals surface area contributed by atoms with Gasteiger partial charge in [-0.15, -0.1) is 0 Å². The van der Waals surface area contributed by atoms with Gasteiger partial charge in [0.25, 0.3) is 5.69 Å². The van der Waals surface area contributed by atoms with Crippen molar-refractivity contribution in [1.29, 1.82) is 0 Å². The van der Waals surface area contributed by atoms with Crippen LogP contribution >= 0.6 is 0 Å². The van der Waals surface area contributed by atoms with Gasteiger partial charge in [-0.25, -0.2) is 0 Å². The van der Waals surface area contributed by atoms with Crippen LogP contribution in [0, 0.1) is 10.1 Å². The van der Waals surface area contributed by atoms with Crippen molar-refractivity contribution >= 4 is 17.2 Å². The fourth-order valence-electron chi connectivity index (χ4n) is 2.33. The normalized spacial score (nSPS) is 16.3. The second kappa shape index (κ2) is 5.58. The first-order valence-electron chi connectivity index (χ1n) is 6.56. The highest BCUT2D eigenvalue weighted by Gasteiger charge is 2.37. The van der Waals surface area contributed by atoms with Crippen LogP contribution in [0.5, 0.6) is 0 Å². The Balaban J connectivity index is 2.18. The summed E-state index contributed by atoms with van der Waals surface area (Å²) in [7, 11) is 1.66. The van der Waals surface area contributed by atoms with E-state index in [2.05, 4.69) is 5.32 Å². The number of hydrogen-bond acceptors (Lipinski definition) is 5. The molecule has 6 heteroatoms. The lowest BCUT2D eigenvalue weighted by Crippen LogP contribution is -2.45. The third-order valence-electron chi connectivity index (χ3n) is 3.90. The Labute approximate surface area is 117 Å². The number of ether oxygens (including phenoxy) is 1. The van der Waals surface area contributed by atoms with Crippen LogP contribution in [0.25, 0.3) is 0 Å². The summed E-state index contributed by atoms with van der Waals surface area (Å²) in [6.07, 6.45) is 3.02. The maximum Gasteiger partial charge on any atom is 0.293 e. The SMILES string of the molecule is COC1(CNc2ccc(C(C)=O)cc2[N+](=O)[O-])CCC1. The number of nitro groups is 1. The fraction of sp³-hybridized carbons (Fsp3) is 0.500. The lowest BCUT2D eigenvalue weighted by atomic mass is 9.80. The van der Waals surface area contributed by atoms with Crippen LogP contribution in [-0.4, -0.2) is 30.0 Å². The van der Waals surface area contributed by atoms with E-state index < -0.39 is 4.92 Å². The van der Waals surface area contributed by atoms with E-state index in [-0.39, 0.29) is 17.1 Å². The van der Waals surface area contributed by atoms with Crippen LogP contribution in [0.2, 0.25) is 0 Å². The molecule has 6 nitrogen and oxygen atoms in total. The third kappa shape index (κ3) is 2.80. The van der Waals surface area contributed by atoms with Crippen LogP contribution in [0.4, 0.5) is 11.4 Å². The molecule has 0 heterocycles. The average molecular weight is 278 g/mol. The number of ketones is 1. The minimum absolute atomic E-state index is 0.0803. The molecule has 1 N–H and O–H groups in total. The van der Waals surface area contributed by atoms with E-state index in [9.17, 15) is 14.9 Å². The fourth-order valence-corrected chi connectivity index (χ4v) is 2.33. The molecular formula is C14H18N2O4. The van der Waals surface area contributed by atoms with Gasteiger partial charge in [-0.1, -0.05) is 0 Å². The first-order chi connectivity index (χ1) is 9.47. The number of hydrogen-bond donors (Lipinski definition) is 1. The van der Waals surface area contributed by atoms with Crippen molar-refractivity contribution in [3.63, 3.8) is 0 Å². The summed E-state index contributed by atoms with van der Waals surface area (Å²) in [5.41, 5.74) is 0.464. The standard InChI is InChI=1S/C14H18N2O4/c1-10(17)11-4-5-12(13(8-11)16(18)19)15-9-14(20-2)6-3-7-14/h4-5,8,15H,3,6-7,9H2,1-2H3. The van der Waals surface area contributed by atoms with Gasteiger partial charge in [0.2, 0.25) is 0 Å². The summed E-state index contributed by atoms with van der Waals surface area (Å²) in [5, 5.41) is 14.2. The van der Waals surface area contributed by atoms with Crippen molar-refractivity contribution in [1.82, 2.24) is 0 Å². The molecule has 1 fully saturated rings. The molecule has 1 aliphatic rings. The molecule has 1 saturated carbocycles. The second-order valence-corrected chi connectivity index (χ2v) is 5.14. The zero-order valence-corrected chi connectivity index (χ0v) is 11.6. The quantitative estimate of drug-likeness (QED) is 0.491. The Morgan fingerprint density at radius 1 is 1.50 bits per heavy atom. The van der Waals surface area contributed by atoms with Gasteiger partial charge in [0, 0.05) is 25.3 Å². The smallest absolute Gasteiger partial charge is 0.293 e. The summed E-state index contributed by atoms with van der Waals surface area (Å²) in [5.74, 6) is -0.188. The third-order valence-corrected chi connectivity index (χ3v) is 3.90. The zero-order chi connectivity index (χ0) is 14.8. The lowest BCUT2D eigenvalue weighted by Gasteiger charge is -2.40. The molecule has 0 saturated heterocycles. The first kappa shape index (κ1) is 14.5. The summed E-state index contributed by atoms with van der Waals surface area (Å²) in [6.45, 7) is 1.92. The van der Waals surface area contributed by atoms with Crippen LogP contribution in [0.15, 0.2) is 18.2 Å². The predicted molar refractivity (Wildman–Crippen MR) is 75.2 cm³/mol. The Bertz CT molecular complexity index is 532. The van der Waals surface area contributed by atoms with Crippen molar-refractivity contribution in [3.8, 4) is 0 Å². The minimum atomic E-state index is -0.477. The number of anilines is 1. The molecule has 1 aromatic rings. The van der Waals surface area contributed by atoms with Gasteiger partial charge in [-0.3, -0.25) is 14.9 Å². The summed E-state index contributed by atoms with van der Waals surface area (Å²) in [4.78, 5) is 21.9. The minimum Gasteiger partial charge on any atom is -0.377 e. The molecule has 2 rings (SSSR count). The molecular weight excluding hydrogens is 260 g/mol. The molecule has 1 aliphatic carbocycles. The van der Waals surface area contributed by atoms with Crippen molar-refractivity contribution in [2.45, 2.75) is 31.8 Å². The Morgan fingerprint density at radius 2 is 2.20 bits per heavy atom. The van der Waals surface area contributed by atoms with E-state index in [1.54, 1.807) is 19.2 Å². The number of nitro benzene ring substituents is 1. The van der Waals surface area contributed by atoms with E-state index in [0.29, 0.717) is 17.8 Å². The van der Waals surface area contributed by atoms with Crippen molar-refractivity contribution in [3.05, 3.63) is 33.9 Å². The van der Waals surface area contributed by atoms with E-state index in [1.807, 2.05) is 0 Å². The molecule has 0 amide bonds. The average Bonchev–Trinajstić information content (AvgIpc) is 2.37. The van der Waals surface area contributed by atoms with Gasteiger partial charge in [-0.2, -0.15) is 0 Å². The molecule has 1 aromatic carbocycles. The molecule has 0 aromatic heterocycles. The summed E-state index contributed by atoms with van der Waals surface area (Å²) < 4.78 is 5.47. The molecule has 20 heavy (non-hydrogen) atoms. The molecule has 0 bridgehead atoms. The molecule has 0 spiro atoms. The maximum absolute atomic E-state index is 11.3. The van der Waals surface area contributed by atoms with Crippen molar-refractivity contribution < 1.29 is 14.5 Å². The second-order valence-electron chi connectivity index (χ2n) is 5.14. The monoisotopic (exact) mass is 278 g/mol. The predicted octanol–water partition coefficient (Wildman–Crippen LogP) is 2.78. The van der Waals surface area contributed by atoms with Crippen LogP contribution < -0.4 is 5.32 Å². The number of benzene rings is 1. The number of carbonyl (C=O) groups excluding carboxylic acids is 1. The van der Waals surface area contributed by atoms with Gasteiger partial charge < -0.3 is 10.1 Å². The Hall–Kier alpha value is -1.95. The van der Waals surface area contributed by atoms with E-state index >= 15 is 0 Å². The van der Waals surface area contributed by atoms with Crippen LogP contribution in [-0.2, 0) is 4.74 Å². The van der Waals surface area contributed by atoms with Gasteiger partial charge in [0.15, 0.2) is 5.78 Å². The summed E-state index contributed by atoms with van der Waals surface area (Å²) >= 11 is 0. The topological polar surface area (TPSA) is 81.5 Å². The largest absolute Gasteiger partial charge is 0.377 e. The van der Waals surface area contributed by atoms with E-state index in [1.165, 1.54) is 13.0 Å². The first-order valence-corrected chi connectivity index (χ1v) is 6.56. The molecule has 0 unspecified atom stereocenters. The maximum atomic E-state index is 11.3. The number of methoxy groups -OCH3 is 1. The highest BCUT2D eigenvalue weighted by atomic mass is 16.6. The van der Waals surface area contributed by atoms with E-state index in [0.717, 1.165) is 19.3 Å². The Kier molecular flexibility index (Phi) is 4.04. The zero-order valence-electron chi connectivity index (χ0n) is 11.6. The number of Topliss-reactive ketones (excluding diaryl/α,β-unsaturated/α-hetero) is 1. The Morgan fingerprint density at radius 3 is 2.65 bits per heavy atom. The van der Waals surface area contributed by atoms with Crippen LogP contribution in [0.1, 0.15) is 36.5 Å². The summed E-state index contributed by atoms with van der Waals surface area (Å²) in [6, 6.07) is 4.49. The number of rotatable bonds is 6.